The summed E-state index contributed by atoms with van der Waals surface area (Å²) in [6.07, 6.45) is 9.35. The molecule has 4 aliphatic rings. The zero-order valence-corrected chi connectivity index (χ0v) is 31.6. The molecular weight excluding hydrogens is 659 g/mol. The molecule has 0 spiro atoms. The second-order valence-electron chi connectivity index (χ2n) is 12.2. The van der Waals surface area contributed by atoms with Gasteiger partial charge in [-0.05, 0) is 132 Å². The summed E-state index contributed by atoms with van der Waals surface area (Å²) in [4.78, 5) is 0. The van der Waals surface area contributed by atoms with E-state index in [0.717, 1.165) is 0 Å². The Kier molecular flexibility index (Phi) is 18.2. The molecule has 0 bridgehead atoms. The Bertz CT molecular complexity index is 519. The largest absolute Gasteiger partial charge is 0.0585 e. The minimum Gasteiger partial charge on any atom is -0.0585 e. The molecule has 0 nitrogen and oxygen atoms in total. The first kappa shape index (κ1) is 41.2. The molecule has 0 aromatic rings. The van der Waals surface area contributed by atoms with Gasteiger partial charge in [-0.25, -0.2) is 0 Å². The molecule has 0 atom stereocenters. The van der Waals surface area contributed by atoms with E-state index >= 15 is 0 Å². The molecule has 0 N–H and O–H groups in total. The quantitative estimate of drug-likeness (QED) is 0.238. The number of hydrogen-bond donors (Lipinski definition) is 0. The van der Waals surface area contributed by atoms with Gasteiger partial charge in [0.05, 0.1) is 0 Å². The normalized spacial score (nSPS) is 27.9. The van der Waals surface area contributed by atoms with Crippen LogP contribution in [0.1, 0.15) is 111 Å². The van der Waals surface area contributed by atoms with Crippen LogP contribution in [0.25, 0.3) is 0 Å². The van der Waals surface area contributed by atoms with E-state index in [1.165, 1.54) is 94.7 Å². The summed E-state index contributed by atoms with van der Waals surface area (Å²) in [5.74, 6) is 24.5. The van der Waals surface area contributed by atoms with Gasteiger partial charge in [-0.2, -0.15) is 0 Å². The van der Waals surface area contributed by atoms with Gasteiger partial charge in [0, 0.05) is 39.0 Å². The Morgan fingerprint density at radius 1 is 0.275 bits per heavy atom. The summed E-state index contributed by atoms with van der Waals surface area (Å²) in [5, 5.41) is 0. The molecule has 20 radical (unpaired) electrons. The zero-order chi connectivity index (χ0) is 29.2. The van der Waals surface area contributed by atoms with Crippen LogP contribution in [0.4, 0.5) is 0 Å². The monoisotopic (exact) mass is 714 g/mol. The molecule has 0 heterocycles. The number of rotatable bonds is 1. The van der Waals surface area contributed by atoms with Crippen LogP contribution < -0.4 is 0 Å². The van der Waals surface area contributed by atoms with E-state index in [4.69, 9.17) is 0 Å². The van der Waals surface area contributed by atoms with E-state index in [9.17, 15) is 0 Å². The first-order chi connectivity index (χ1) is 17.5. The molecule has 0 aromatic carbocycles. The maximum Gasteiger partial charge on any atom is 0 e. The van der Waals surface area contributed by atoms with Crippen molar-refractivity contribution in [2.24, 2.45) is 11.8 Å². The average molecular weight is 713 g/mol. The minimum absolute atomic E-state index is 0. The maximum absolute atomic E-state index is 2.34. The molecule has 0 amide bonds. The van der Waals surface area contributed by atoms with Crippen molar-refractivity contribution in [1.82, 2.24) is 0 Å². The molecule has 4 fully saturated rings. The first-order valence-electron chi connectivity index (χ1n) is 14.3. The van der Waals surface area contributed by atoms with Crippen LogP contribution in [0.15, 0.2) is 0 Å². The van der Waals surface area contributed by atoms with E-state index in [1.807, 2.05) is 0 Å². The first-order valence-corrected chi connectivity index (χ1v) is 14.3. The van der Waals surface area contributed by atoms with Crippen molar-refractivity contribution in [2.45, 2.75) is 111 Å². The van der Waals surface area contributed by atoms with Crippen LogP contribution in [0.3, 0.4) is 0 Å². The second kappa shape index (κ2) is 17.7. The maximum atomic E-state index is 2.34. The standard InChI is InChI=1S/C18H24.2C10H15.2Ru/c1-11-7-13(3)17(14(4)8-11)18-15(5)9-12(2)10-16(18)6;2*1-6-7(2)9(4)10(5)8(6)3;;/h7-10,17-18H,1-6H3;2*1-5H3;;. The molecule has 0 saturated heterocycles. The van der Waals surface area contributed by atoms with Crippen molar-refractivity contribution in [2.75, 3.05) is 0 Å². The summed E-state index contributed by atoms with van der Waals surface area (Å²) < 4.78 is 0. The summed E-state index contributed by atoms with van der Waals surface area (Å²) in [6, 6.07) is 0. The fraction of sp³-hybridized carbons (Fsp3) is 0.474. The van der Waals surface area contributed by atoms with Crippen molar-refractivity contribution in [3.8, 4) is 0 Å². The average Bonchev–Trinajstić information content (AvgIpc) is 3.10. The van der Waals surface area contributed by atoms with Crippen molar-refractivity contribution >= 4 is 0 Å². The molecule has 222 valence electrons. The van der Waals surface area contributed by atoms with Gasteiger partial charge in [0.25, 0.3) is 0 Å². The van der Waals surface area contributed by atoms with Crippen LogP contribution in [-0.4, -0.2) is 0 Å². The molecule has 4 rings (SSSR count). The molecule has 0 aliphatic heterocycles. The fourth-order valence-electron chi connectivity index (χ4n) is 6.46. The molecule has 4 saturated carbocycles. The van der Waals surface area contributed by atoms with Crippen molar-refractivity contribution in [1.29, 1.82) is 0 Å². The predicted octanol–water partition coefficient (Wildman–Crippen LogP) is 10.6. The van der Waals surface area contributed by atoms with Gasteiger partial charge >= 0.3 is 0 Å². The van der Waals surface area contributed by atoms with Gasteiger partial charge in [-0.15, -0.1) is 0 Å². The Morgan fingerprint density at radius 2 is 0.400 bits per heavy atom. The Balaban J connectivity index is 0.000000597. The third-order valence-corrected chi connectivity index (χ3v) is 9.74. The van der Waals surface area contributed by atoms with Crippen LogP contribution >= 0.6 is 0 Å². The van der Waals surface area contributed by atoms with Gasteiger partial charge in [-0.3, -0.25) is 0 Å². The zero-order valence-electron chi connectivity index (χ0n) is 28.2. The van der Waals surface area contributed by atoms with Gasteiger partial charge in [0.1, 0.15) is 0 Å². The Labute approximate surface area is 280 Å². The second-order valence-corrected chi connectivity index (χ2v) is 12.2. The van der Waals surface area contributed by atoms with Gasteiger partial charge in [-0.1, -0.05) is 111 Å². The summed E-state index contributed by atoms with van der Waals surface area (Å²) in [6.45, 7) is 35.5. The van der Waals surface area contributed by atoms with Crippen molar-refractivity contribution in [3.05, 3.63) is 120 Å². The number of hydrogen-bond acceptors (Lipinski definition) is 0. The summed E-state index contributed by atoms with van der Waals surface area (Å²) in [7, 11) is 0. The molecular formula is C38H54Ru2. The third-order valence-electron chi connectivity index (χ3n) is 9.74. The molecule has 2 heteroatoms. The summed E-state index contributed by atoms with van der Waals surface area (Å²) >= 11 is 0. The fourth-order valence-corrected chi connectivity index (χ4v) is 6.46. The Morgan fingerprint density at radius 3 is 0.525 bits per heavy atom. The predicted molar refractivity (Wildman–Crippen MR) is 167 cm³/mol. The third kappa shape index (κ3) is 9.62. The van der Waals surface area contributed by atoms with Crippen molar-refractivity contribution < 1.29 is 39.0 Å². The molecule has 4 aliphatic carbocycles. The Hall–Kier alpha value is 1.25. The summed E-state index contributed by atoms with van der Waals surface area (Å²) in [5.41, 5.74) is 0. The van der Waals surface area contributed by atoms with E-state index in [0.29, 0.717) is 11.8 Å². The van der Waals surface area contributed by atoms with Crippen LogP contribution in [-0.2, 0) is 39.0 Å². The molecule has 40 heavy (non-hydrogen) atoms. The molecule has 0 aromatic heterocycles. The van der Waals surface area contributed by atoms with Crippen LogP contribution in [0.5, 0.6) is 0 Å². The van der Waals surface area contributed by atoms with Gasteiger partial charge < -0.3 is 0 Å². The topological polar surface area (TPSA) is 0 Å². The molecule has 0 unspecified atom stereocenters. The van der Waals surface area contributed by atoms with E-state index < -0.39 is 0 Å². The SMILES string of the molecule is C[C]1[CH][C](C)C(C2[C](C)[CH][C](C)[CH][C]2C)[C](C)[CH]1.C[C]1[C](C)[C](C)[C](C)[C]1C.C[C]1[C](C)[C](C)[C](C)[C]1C.[Ru].[Ru]. The van der Waals surface area contributed by atoms with Crippen LogP contribution in [0, 0.1) is 132 Å². The van der Waals surface area contributed by atoms with Crippen molar-refractivity contribution in [3.63, 3.8) is 0 Å². The van der Waals surface area contributed by atoms with Gasteiger partial charge in [0.2, 0.25) is 0 Å². The van der Waals surface area contributed by atoms with Crippen LogP contribution in [0.2, 0.25) is 0 Å². The van der Waals surface area contributed by atoms with E-state index in [2.05, 4.69) is 136 Å². The van der Waals surface area contributed by atoms with Gasteiger partial charge in [0.15, 0.2) is 0 Å². The van der Waals surface area contributed by atoms with E-state index in [-0.39, 0.29) is 39.0 Å². The smallest absolute Gasteiger partial charge is 0 e. The van der Waals surface area contributed by atoms with E-state index in [1.54, 1.807) is 0 Å². The minimum atomic E-state index is 0.